The summed E-state index contributed by atoms with van der Waals surface area (Å²) >= 11 is 4.03. The van der Waals surface area contributed by atoms with E-state index in [2.05, 4.69) is 10.6 Å². The van der Waals surface area contributed by atoms with Crippen molar-refractivity contribution in [1.29, 1.82) is 0 Å². The van der Waals surface area contributed by atoms with Gasteiger partial charge in [-0.3, -0.25) is 28.4 Å². The monoisotopic (exact) mass is 915 g/mol. The third-order valence-electron chi connectivity index (χ3n) is 6.38. The van der Waals surface area contributed by atoms with Gasteiger partial charge in [0.05, 0.1) is 20.0 Å². The van der Waals surface area contributed by atoms with E-state index in [0.717, 1.165) is 0 Å². The van der Waals surface area contributed by atoms with Crippen molar-refractivity contribution in [2.24, 2.45) is 0 Å². The highest BCUT2D eigenvalue weighted by atomic mass is 127. The number of nitrogens with one attached hydrogen (secondary N) is 2. The highest BCUT2D eigenvalue weighted by Gasteiger charge is 2.33. The Kier molecular flexibility index (Phi) is 15.8. The van der Waals surface area contributed by atoms with E-state index in [0.29, 0.717) is 24.2 Å². The summed E-state index contributed by atoms with van der Waals surface area (Å²) in [5.74, 6) is -6.79. The molecule has 10 N–H and O–H groups in total. The van der Waals surface area contributed by atoms with Crippen molar-refractivity contribution in [3.63, 3.8) is 0 Å². The Balaban J connectivity index is 2.32. The lowest BCUT2D eigenvalue weighted by Crippen LogP contribution is -2.49. The van der Waals surface area contributed by atoms with Gasteiger partial charge in [-0.1, -0.05) is 0 Å². The Bertz CT molecular complexity index is 1400. The lowest BCUT2D eigenvalue weighted by atomic mass is 10.0. The number of aliphatic carboxylic acids is 3. The molecule has 21 heteroatoms. The first-order chi connectivity index (χ1) is 21.3. The van der Waals surface area contributed by atoms with Crippen molar-refractivity contribution in [2.75, 3.05) is 26.2 Å². The van der Waals surface area contributed by atoms with Crippen LogP contribution in [0.5, 0.6) is 17.2 Å². The molecular weight excluding hydrogens is 882 g/mol. The molecule has 2 aromatic rings. The Morgan fingerprint density at radius 3 is 1.61 bits per heavy atom. The summed E-state index contributed by atoms with van der Waals surface area (Å²) in [7, 11) is -9.81. The van der Waals surface area contributed by atoms with Crippen LogP contribution in [0.25, 0.3) is 0 Å². The number of carboxylic acids is 3. The van der Waals surface area contributed by atoms with Crippen molar-refractivity contribution in [2.45, 2.75) is 36.9 Å². The number of nitrogens with zero attached hydrogens (tertiary/aromatic N) is 1. The molecule has 46 heavy (non-hydrogen) atoms. The molecule has 0 amide bonds. The zero-order valence-electron chi connectivity index (χ0n) is 23.8. The molecule has 2 unspecified atom stereocenters. The van der Waals surface area contributed by atoms with Crippen LogP contribution in [0.1, 0.15) is 18.4 Å². The topological polar surface area (TPSA) is 284 Å². The van der Waals surface area contributed by atoms with Gasteiger partial charge in [-0.2, -0.15) is 0 Å². The maximum absolute atomic E-state index is 12.5. The normalized spacial score (nSPS) is 14.1. The first-order valence-electron chi connectivity index (χ1n) is 13.2. The van der Waals surface area contributed by atoms with Crippen molar-refractivity contribution in [1.82, 2.24) is 15.5 Å². The molecule has 0 heterocycles. The van der Waals surface area contributed by atoms with E-state index in [-0.39, 0.29) is 38.3 Å². The summed E-state index contributed by atoms with van der Waals surface area (Å²) in [5.41, 5.74) is 0.558. The number of hydrogen-bond acceptors (Lipinski definition) is 10. The number of aromatic hydroxyl groups is 1. The van der Waals surface area contributed by atoms with Gasteiger partial charge < -0.3 is 55.4 Å². The quantitative estimate of drug-likeness (QED) is 0.0670. The van der Waals surface area contributed by atoms with E-state index in [9.17, 15) is 53.3 Å². The molecule has 0 fully saturated rings. The second-order valence-electron chi connectivity index (χ2n) is 9.89. The number of rotatable bonds is 20. The van der Waals surface area contributed by atoms with Gasteiger partial charge in [0, 0.05) is 26.2 Å². The van der Waals surface area contributed by atoms with Crippen LogP contribution in [0, 0.1) is 7.14 Å². The number of hydrogen-bond donors (Lipinski definition) is 10. The molecule has 0 spiro atoms. The fourth-order valence-corrected chi connectivity index (χ4v) is 7.82. The van der Waals surface area contributed by atoms with Gasteiger partial charge in [-0.05, 0) is 93.6 Å². The number of phenols is 1. The van der Waals surface area contributed by atoms with E-state index in [1.165, 1.54) is 17.0 Å². The van der Waals surface area contributed by atoms with Gasteiger partial charge in [0.2, 0.25) is 0 Å². The zero-order chi connectivity index (χ0) is 34.8. The van der Waals surface area contributed by atoms with Gasteiger partial charge in [0.25, 0.3) is 0 Å². The molecule has 0 aromatic heterocycles. The molecule has 17 nitrogen and oxygen atoms in total. The van der Waals surface area contributed by atoms with Crippen LogP contribution in [-0.4, -0.2) is 107 Å². The molecular formula is C25H33I2N3O14P2. The smallest absolute Gasteiger partial charge is 0.342 e. The molecule has 0 aliphatic carbocycles. The van der Waals surface area contributed by atoms with E-state index < -0.39 is 63.5 Å². The van der Waals surface area contributed by atoms with Crippen molar-refractivity contribution in [3.8, 4) is 17.2 Å². The van der Waals surface area contributed by atoms with Gasteiger partial charge in [-0.15, -0.1) is 0 Å². The average Bonchev–Trinajstić information content (AvgIpc) is 2.91. The van der Waals surface area contributed by atoms with Gasteiger partial charge in [-0.25, -0.2) is 0 Å². The summed E-state index contributed by atoms with van der Waals surface area (Å²) in [6, 6.07) is 8.12. The largest absolute Gasteiger partial charge is 0.508 e. The molecule has 0 saturated heterocycles. The first-order valence-corrected chi connectivity index (χ1v) is 18.7. The first kappa shape index (κ1) is 40.3. The number of halogens is 2. The Morgan fingerprint density at radius 1 is 0.804 bits per heavy atom. The molecule has 2 aromatic carbocycles. The van der Waals surface area contributed by atoms with Crippen LogP contribution in [-0.2, 0) is 29.9 Å². The van der Waals surface area contributed by atoms with Crippen LogP contribution in [0.15, 0.2) is 36.4 Å². The predicted octanol–water partition coefficient (Wildman–Crippen LogP) is 1.83. The molecule has 0 aliphatic rings. The highest BCUT2D eigenvalue weighted by Crippen LogP contribution is 2.42. The molecule has 2 rings (SSSR count). The molecule has 0 bridgehead atoms. The van der Waals surface area contributed by atoms with Crippen molar-refractivity contribution < 1.29 is 68.3 Å². The standard InChI is InChI=1S/C25H33I2N3O14P2/c26-17-9-14(10-18(27)24(17)44-16-3-1-15(31)2-4-16)11-19(25(36)37)30(7-5-28-20(12-22(32)33)45(38,39)40)8-6-29-21(13-23(34)35)46(41,42)43/h1-4,9-10,19-21,28-29,31H,5-8,11-13H2,(H,32,33)(H,34,35)(H,36,37)(H2,38,39,40)(H2,41,42,43)/t19-,20?,21?/m0/s1. The van der Waals surface area contributed by atoms with Crippen molar-refractivity contribution in [3.05, 3.63) is 49.1 Å². The number of phenolic OH excluding ortho intramolecular Hbond substituents is 1. The summed E-state index contributed by atoms with van der Waals surface area (Å²) < 4.78 is 30.8. The number of carbonyl (C=O) groups is 3. The maximum atomic E-state index is 12.5. The lowest BCUT2D eigenvalue weighted by molar-refractivity contribution is -0.143. The van der Waals surface area contributed by atoms with E-state index in [1.807, 2.05) is 45.2 Å². The number of benzene rings is 2. The Labute approximate surface area is 289 Å². The van der Waals surface area contributed by atoms with Crippen LogP contribution in [0.3, 0.4) is 0 Å². The Hall–Kier alpha value is -1.91. The minimum absolute atomic E-state index is 0.0556. The van der Waals surface area contributed by atoms with Crippen LogP contribution < -0.4 is 15.4 Å². The molecule has 0 aliphatic heterocycles. The summed E-state index contributed by atoms with van der Waals surface area (Å²) in [6.07, 6.45) is -1.93. The third-order valence-corrected chi connectivity index (χ3v) is 10.3. The fraction of sp³-hybridized carbons (Fsp3) is 0.400. The van der Waals surface area contributed by atoms with Gasteiger partial charge in [0.1, 0.15) is 29.1 Å². The number of carboxylic acid groups (broad SMARTS) is 3. The zero-order valence-corrected chi connectivity index (χ0v) is 29.9. The summed E-state index contributed by atoms with van der Waals surface area (Å²) in [6.45, 7) is -0.967. The molecule has 0 radical (unpaired) electrons. The molecule has 3 atom stereocenters. The third kappa shape index (κ3) is 13.7. The number of ether oxygens (including phenoxy) is 1. The highest BCUT2D eigenvalue weighted by molar-refractivity contribution is 14.1. The van der Waals surface area contributed by atoms with Crippen LogP contribution in [0.4, 0.5) is 0 Å². The lowest BCUT2D eigenvalue weighted by Gasteiger charge is -2.31. The second-order valence-corrected chi connectivity index (χ2v) is 15.8. The minimum Gasteiger partial charge on any atom is -0.508 e. The summed E-state index contributed by atoms with van der Waals surface area (Å²) in [4.78, 5) is 74.2. The summed E-state index contributed by atoms with van der Waals surface area (Å²) in [5, 5.41) is 42.7. The van der Waals surface area contributed by atoms with E-state index in [1.54, 1.807) is 24.3 Å². The fourth-order valence-electron chi connectivity index (χ4n) is 4.18. The van der Waals surface area contributed by atoms with E-state index >= 15 is 0 Å². The SMILES string of the molecule is O=C(O)CC(NCCN(CCNC(CC(=O)O)P(=O)(O)O)[C@@H](Cc1cc(I)c(Oc2ccc(O)cc2)c(I)c1)C(=O)O)P(=O)(O)O. The molecule has 0 saturated carbocycles. The minimum atomic E-state index is -4.90. The Morgan fingerprint density at radius 2 is 1.24 bits per heavy atom. The maximum Gasteiger partial charge on any atom is 0.342 e. The van der Waals surface area contributed by atoms with Crippen LogP contribution in [0.2, 0.25) is 0 Å². The predicted molar refractivity (Wildman–Crippen MR) is 179 cm³/mol. The van der Waals surface area contributed by atoms with Gasteiger partial charge >= 0.3 is 33.1 Å². The van der Waals surface area contributed by atoms with Crippen LogP contribution >= 0.6 is 60.4 Å². The average molecular weight is 915 g/mol. The van der Waals surface area contributed by atoms with Gasteiger partial charge in [0.15, 0.2) is 5.75 Å². The second kappa shape index (κ2) is 18.0. The van der Waals surface area contributed by atoms with Crippen molar-refractivity contribution >= 4 is 78.3 Å². The van der Waals surface area contributed by atoms with E-state index in [4.69, 9.17) is 14.9 Å². The molecule has 256 valence electrons.